The Morgan fingerprint density at radius 1 is 1.11 bits per heavy atom. The van der Waals surface area contributed by atoms with Crippen molar-refractivity contribution in [2.24, 2.45) is 4.99 Å². The van der Waals surface area contributed by atoms with Gasteiger partial charge >= 0.3 is 6.18 Å². The summed E-state index contributed by atoms with van der Waals surface area (Å²) in [6, 6.07) is 7.42. The highest BCUT2D eigenvalue weighted by Gasteiger charge is 2.30. The summed E-state index contributed by atoms with van der Waals surface area (Å²) in [4.78, 5) is 7.73. The SMILES string of the molecule is CN=C(NCCOc1ccc(C(F)(F)F)cn1)Nc1ccc(OC)c(OC)c1. The van der Waals surface area contributed by atoms with Crippen LogP contribution in [-0.4, -0.2) is 45.4 Å². The van der Waals surface area contributed by atoms with Gasteiger partial charge < -0.3 is 24.8 Å². The monoisotopic (exact) mass is 398 g/mol. The third-order valence-corrected chi connectivity index (χ3v) is 3.58. The summed E-state index contributed by atoms with van der Waals surface area (Å²) in [5.74, 6) is 1.77. The van der Waals surface area contributed by atoms with E-state index in [0.717, 1.165) is 18.0 Å². The van der Waals surface area contributed by atoms with E-state index in [1.165, 1.54) is 6.07 Å². The predicted octanol–water partition coefficient (Wildman–Crippen LogP) is 3.18. The maximum atomic E-state index is 12.5. The van der Waals surface area contributed by atoms with Crippen LogP contribution >= 0.6 is 0 Å². The number of hydrogen-bond acceptors (Lipinski definition) is 5. The fraction of sp³-hybridized carbons (Fsp3) is 0.333. The number of halogens is 3. The Labute approximate surface area is 160 Å². The average molecular weight is 398 g/mol. The smallest absolute Gasteiger partial charge is 0.417 e. The molecule has 0 radical (unpaired) electrons. The second-order valence-corrected chi connectivity index (χ2v) is 5.43. The number of ether oxygens (including phenoxy) is 3. The highest BCUT2D eigenvalue weighted by atomic mass is 19.4. The highest BCUT2D eigenvalue weighted by molar-refractivity contribution is 5.93. The van der Waals surface area contributed by atoms with Crippen LogP contribution in [0.5, 0.6) is 17.4 Å². The molecule has 0 bridgehead atoms. The molecule has 1 aromatic heterocycles. The molecule has 0 spiro atoms. The first-order valence-electron chi connectivity index (χ1n) is 8.23. The molecule has 0 aliphatic heterocycles. The third-order valence-electron chi connectivity index (χ3n) is 3.58. The number of nitrogens with one attached hydrogen (secondary N) is 2. The first kappa shape index (κ1) is 21.1. The molecule has 0 atom stereocenters. The Hall–Kier alpha value is -3.17. The average Bonchev–Trinajstić information content (AvgIpc) is 2.69. The van der Waals surface area contributed by atoms with E-state index >= 15 is 0 Å². The van der Waals surface area contributed by atoms with E-state index in [2.05, 4.69) is 20.6 Å². The lowest BCUT2D eigenvalue weighted by Crippen LogP contribution is -2.33. The van der Waals surface area contributed by atoms with Gasteiger partial charge in [-0.1, -0.05) is 0 Å². The second-order valence-electron chi connectivity index (χ2n) is 5.43. The van der Waals surface area contributed by atoms with Gasteiger partial charge in [0.15, 0.2) is 17.5 Å². The molecule has 7 nitrogen and oxygen atoms in total. The van der Waals surface area contributed by atoms with Crippen LogP contribution in [0.3, 0.4) is 0 Å². The number of nitrogens with zero attached hydrogens (tertiary/aromatic N) is 2. The number of pyridine rings is 1. The lowest BCUT2D eigenvalue weighted by Gasteiger charge is -2.14. The molecule has 1 aromatic carbocycles. The minimum absolute atomic E-state index is 0.109. The van der Waals surface area contributed by atoms with Crippen LogP contribution in [0.25, 0.3) is 0 Å². The van der Waals surface area contributed by atoms with Gasteiger partial charge in [0.25, 0.3) is 0 Å². The number of aliphatic imine (C=N–C) groups is 1. The zero-order chi connectivity index (χ0) is 20.6. The Morgan fingerprint density at radius 3 is 2.43 bits per heavy atom. The van der Waals surface area contributed by atoms with E-state index < -0.39 is 11.7 Å². The van der Waals surface area contributed by atoms with Crippen LogP contribution in [0.1, 0.15) is 5.56 Å². The molecule has 1 heterocycles. The number of rotatable bonds is 7. The number of hydrogen-bond donors (Lipinski definition) is 2. The minimum Gasteiger partial charge on any atom is -0.493 e. The van der Waals surface area contributed by atoms with Gasteiger partial charge in [-0.25, -0.2) is 4.98 Å². The predicted molar refractivity (Wildman–Crippen MR) is 99.3 cm³/mol. The molecule has 0 unspecified atom stereocenters. The van der Waals surface area contributed by atoms with Gasteiger partial charge in [0.2, 0.25) is 5.88 Å². The Balaban J connectivity index is 1.83. The minimum atomic E-state index is -4.42. The van der Waals surface area contributed by atoms with Crippen LogP contribution in [0.4, 0.5) is 18.9 Å². The van der Waals surface area contributed by atoms with Crippen LogP contribution in [0.15, 0.2) is 41.5 Å². The fourth-order valence-corrected chi connectivity index (χ4v) is 2.19. The number of guanidine groups is 1. The lowest BCUT2D eigenvalue weighted by molar-refractivity contribution is -0.137. The summed E-state index contributed by atoms with van der Waals surface area (Å²) in [6.07, 6.45) is -3.68. The van der Waals surface area contributed by atoms with Gasteiger partial charge in [0, 0.05) is 31.1 Å². The van der Waals surface area contributed by atoms with Gasteiger partial charge in [0.05, 0.1) is 26.3 Å². The molecule has 28 heavy (non-hydrogen) atoms. The van der Waals surface area contributed by atoms with Crippen LogP contribution in [0.2, 0.25) is 0 Å². The lowest BCUT2D eigenvalue weighted by atomic mass is 10.3. The molecule has 0 saturated heterocycles. The fourth-order valence-electron chi connectivity index (χ4n) is 2.19. The van der Waals surface area contributed by atoms with Crippen molar-refractivity contribution in [1.29, 1.82) is 0 Å². The number of aromatic nitrogens is 1. The molecule has 0 saturated carbocycles. The topological polar surface area (TPSA) is 77.0 Å². The molecule has 10 heteroatoms. The highest BCUT2D eigenvalue weighted by Crippen LogP contribution is 2.30. The van der Waals surface area contributed by atoms with E-state index in [9.17, 15) is 13.2 Å². The number of anilines is 1. The van der Waals surface area contributed by atoms with Crippen molar-refractivity contribution in [3.63, 3.8) is 0 Å². The molecule has 2 N–H and O–H groups in total. The third kappa shape index (κ3) is 5.93. The quantitative estimate of drug-likeness (QED) is 0.424. The molecule has 0 aliphatic rings. The molecule has 0 aliphatic carbocycles. The first-order valence-corrected chi connectivity index (χ1v) is 8.23. The van der Waals surface area contributed by atoms with Gasteiger partial charge in [-0.3, -0.25) is 4.99 Å². The molecular weight excluding hydrogens is 377 g/mol. The van der Waals surface area contributed by atoms with Crippen LogP contribution in [0, 0.1) is 0 Å². The first-order chi connectivity index (χ1) is 13.4. The van der Waals surface area contributed by atoms with Crippen LogP contribution in [-0.2, 0) is 6.18 Å². The second kappa shape index (κ2) is 9.67. The normalized spacial score (nSPS) is 11.7. The number of benzene rings is 1. The molecule has 0 fully saturated rings. The van der Waals surface area contributed by atoms with Crippen molar-refractivity contribution in [2.75, 3.05) is 39.7 Å². The molecule has 0 amide bonds. The van der Waals surface area contributed by atoms with Crippen molar-refractivity contribution < 1.29 is 27.4 Å². The van der Waals surface area contributed by atoms with E-state index in [4.69, 9.17) is 14.2 Å². The van der Waals surface area contributed by atoms with Gasteiger partial charge in [-0.05, 0) is 18.2 Å². The summed E-state index contributed by atoms with van der Waals surface area (Å²) in [6.45, 7) is 0.542. The van der Waals surface area contributed by atoms with Crippen molar-refractivity contribution in [3.05, 3.63) is 42.1 Å². The molecule has 152 valence electrons. The van der Waals surface area contributed by atoms with E-state index in [0.29, 0.717) is 24.0 Å². The van der Waals surface area contributed by atoms with Crippen molar-refractivity contribution in [1.82, 2.24) is 10.3 Å². The maximum Gasteiger partial charge on any atom is 0.417 e. The summed E-state index contributed by atoms with van der Waals surface area (Å²) in [5.41, 5.74) is -0.0893. The van der Waals surface area contributed by atoms with Gasteiger partial charge in [0.1, 0.15) is 6.61 Å². The van der Waals surface area contributed by atoms with E-state index in [-0.39, 0.29) is 12.5 Å². The van der Waals surface area contributed by atoms with E-state index in [1.807, 2.05) is 0 Å². The van der Waals surface area contributed by atoms with Crippen molar-refractivity contribution >= 4 is 11.6 Å². The Kier molecular flexibility index (Phi) is 7.30. The van der Waals surface area contributed by atoms with Gasteiger partial charge in [-0.2, -0.15) is 13.2 Å². The molecular formula is C18H21F3N4O3. The van der Waals surface area contributed by atoms with Crippen molar-refractivity contribution in [2.45, 2.75) is 6.18 Å². The summed E-state index contributed by atoms with van der Waals surface area (Å²) in [7, 11) is 4.70. The largest absolute Gasteiger partial charge is 0.493 e. The van der Waals surface area contributed by atoms with Crippen LogP contribution < -0.4 is 24.8 Å². The van der Waals surface area contributed by atoms with E-state index in [1.54, 1.807) is 39.5 Å². The summed E-state index contributed by atoms with van der Waals surface area (Å²) < 4.78 is 53.2. The Bertz CT molecular complexity index is 796. The summed E-state index contributed by atoms with van der Waals surface area (Å²) in [5, 5.41) is 6.11. The maximum absolute atomic E-state index is 12.5. The summed E-state index contributed by atoms with van der Waals surface area (Å²) >= 11 is 0. The number of methoxy groups -OCH3 is 2. The zero-order valence-electron chi connectivity index (χ0n) is 15.6. The molecule has 2 aromatic rings. The van der Waals surface area contributed by atoms with Gasteiger partial charge in [-0.15, -0.1) is 0 Å². The molecule has 2 rings (SSSR count). The number of alkyl halides is 3. The standard InChI is InChI=1S/C18H21F3N4O3/c1-22-17(25-13-5-6-14(26-2)15(10-13)27-3)23-8-9-28-16-7-4-12(11-24-16)18(19,20)21/h4-7,10-11H,8-9H2,1-3H3,(H2,22,23,25). The Morgan fingerprint density at radius 2 is 1.86 bits per heavy atom. The van der Waals surface area contributed by atoms with Crippen molar-refractivity contribution in [3.8, 4) is 17.4 Å². The zero-order valence-corrected chi connectivity index (χ0v) is 15.6.